The van der Waals surface area contributed by atoms with Crippen LogP contribution in [-0.2, 0) is 21.2 Å². The van der Waals surface area contributed by atoms with Crippen molar-refractivity contribution in [2.75, 3.05) is 32.5 Å². The lowest BCUT2D eigenvalue weighted by Gasteiger charge is -2.20. The molecule has 1 aromatic heterocycles. The molecule has 0 radical (unpaired) electrons. The van der Waals surface area contributed by atoms with Crippen LogP contribution in [0.25, 0.3) is 0 Å². The molecule has 1 aromatic carbocycles. The minimum Gasteiger partial charge on any atom is -0.494 e. The second-order valence-corrected chi connectivity index (χ2v) is 9.36. The lowest BCUT2D eigenvalue weighted by atomic mass is 10.1. The van der Waals surface area contributed by atoms with Crippen LogP contribution in [0.5, 0.6) is 5.75 Å². The smallest absolute Gasteiger partial charge is 0.234 e. The van der Waals surface area contributed by atoms with Crippen LogP contribution in [0.1, 0.15) is 30.2 Å². The molecule has 0 spiro atoms. The number of carbonyl (C=O) groups excluding carboxylic acids is 1. The minimum absolute atomic E-state index is 0.160. The maximum atomic E-state index is 11.6. The highest BCUT2D eigenvalue weighted by Gasteiger charge is 2.10. The summed E-state index contributed by atoms with van der Waals surface area (Å²) < 4.78 is 29.9. The number of rotatable bonds is 12. The van der Waals surface area contributed by atoms with Crippen LogP contribution < -0.4 is 9.46 Å². The zero-order valence-electron chi connectivity index (χ0n) is 16.4. The molecule has 1 amide bonds. The molecular formula is C20H28N2O4S2. The molecule has 8 heteroatoms. The van der Waals surface area contributed by atoms with Gasteiger partial charge in [-0.2, -0.15) is 0 Å². The Morgan fingerprint density at radius 2 is 1.93 bits per heavy atom. The standard InChI is InChI=1S/C20H28N2O4S2/c1-3-22(13-11-20(23)21-28(2,24)25)12-5-14-26-18-9-7-17(8-10-18)16-19-6-4-15-27-19/h4,6-10,15H,3,5,11-14,16H2,1-2H3,(H,21,23). The van der Waals surface area contributed by atoms with Crippen molar-refractivity contribution in [1.82, 2.24) is 9.62 Å². The first-order valence-corrected chi connectivity index (χ1v) is 12.1. The Hall–Kier alpha value is -1.90. The van der Waals surface area contributed by atoms with Gasteiger partial charge in [0, 0.05) is 30.8 Å². The third-order valence-electron chi connectivity index (χ3n) is 4.17. The molecule has 0 saturated heterocycles. The molecule has 0 aliphatic heterocycles. The largest absolute Gasteiger partial charge is 0.494 e. The number of nitrogens with one attached hydrogen (secondary N) is 1. The quantitative estimate of drug-likeness (QED) is 0.530. The summed E-state index contributed by atoms with van der Waals surface area (Å²) in [6.07, 6.45) is 2.91. The Balaban J connectivity index is 1.65. The summed E-state index contributed by atoms with van der Waals surface area (Å²) in [4.78, 5) is 15.0. The monoisotopic (exact) mass is 424 g/mol. The van der Waals surface area contributed by atoms with Crippen molar-refractivity contribution < 1.29 is 17.9 Å². The molecule has 28 heavy (non-hydrogen) atoms. The molecule has 0 atom stereocenters. The molecule has 0 fully saturated rings. The van der Waals surface area contributed by atoms with Gasteiger partial charge in [-0.05, 0) is 42.1 Å². The van der Waals surface area contributed by atoms with Crippen LogP contribution in [0.15, 0.2) is 41.8 Å². The van der Waals surface area contributed by atoms with E-state index in [1.807, 2.05) is 23.8 Å². The van der Waals surface area contributed by atoms with E-state index in [1.54, 1.807) is 11.3 Å². The van der Waals surface area contributed by atoms with Crippen molar-refractivity contribution in [3.63, 3.8) is 0 Å². The number of nitrogens with zero attached hydrogens (tertiary/aromatic N) is 1. The van der Waals surface area contributed by atoms with E-state index in [-0.39, 0.29) is 6.42 Å². The summed E-state index contributed by atoms with van der Waals surface area (Å²) in [5, 5.41) is 2.09. The lowest BCUT2D eigenvalue weighted by molar-refractivity contribution is -0.119. The summed E-state index contributed by atoms with van der Waals surface area (Å²) in [7, 11) is -3.49. The predicted octanol–water partition coefficient (Wildman–Crippen LogP) is 2.90. The van der Waals surface area contributed by atoms with Gasteiger partial charge in [0.25, 0.3) is 0 Å². The average Bonchev–Trinajstić information content (AvgIpc) is 3.14. The number of amides is 1. The van der Waals surface area contributed by atoms with Gasteiger partial charge < -0.3 is 9.64 Å². The number of hydrogen-bond donors (Lipinski definition) is 1. The van der Waals surface area contributed by atoms with Crippen molar-refractivity contribution in [2.45, 2.75) is 26.2 Å². The van der Waals surface area contributed by atoms with Gasteiger partial charge in [0.15, 0.2) is 0 Å². The van der Waals surface area contributed by atoms with Crippen molar-refractivity contribution >= 4 is 27.3 Å². The average molecular weight is 425 g/mol. The molecule has 0 unspecified atom stereocenters. The van der Waals surface area contributed by atoms with Gasteiger partial charge in [0.2, 0.25) is 15.9 Å². The molecule has 0 aliphatic carbocycles. The predicted molar refractivity (Wildman–Crippen MR) is 113 cm³/mol. The Labute approximate surface area is 171 Å². The van der Waals surface area contributed by atoms with E-state index in [0.717, 1.165) is 37.9 Å². The number of sulfonamides is 1. The van der Waals surface area contributed by atoms with Gasteiger partial charge in [-0.25, -0.2) is 8.42 Å². The van der Waals surface area contributed by atoms with E-state index in [0.29, 0.717) is 13.2 Å². The molecule has 1 heterocycles. The number of benzene rings is 1. The van der Waals surface area contributed by atoms with E-state index in [4.69, 9.17) is 4.74 Å². The van der Waals surface area contributed by atoms with Crippen LogP contribution in [-0.4, -0.2) is 51.7 Å². The third-order valence-corrected chi connectivity index (χ3v) is 5.65. The van der Waals surface area contributed by atoms with Crippen molar-refractivity contribution in [3.05, 3.63) is 52.2 Å². The Morgan fingerprint density at radius 3 is 2.54 bits per heavy atom. The first-order valence-electron chi connectivity index (χ1n) is 9.33. The second kappa shape index (κ2) is 11.2. The number of hydrogen-bond acceptors (Lipinski definition) is 6. The van der Waals surface area contributed by atoms with Gasteiger partial charge in [0.05, 0.1) is 12.9 Å². The maximum Gasteiger partial charge on any atom is 0.234 e. The van der Waals surface area contributed by atoms with Crippen LogP contribution in [0.2, 0.25) is 0 Å². The third kappa shape index (κ3) is 8.86. The zero-order chi connectivity index (χ0) is 20.4. The molecule has 1 N–H and O–H groups in total. The highest BCUT2D eigenvalue weighted by atomic mass is 32.2. The van der Waals surface area contributed by atoms with Crippen LogP contribution in [0.4, 0.5) is 0 Å². The van der Waals surface area contributed by atoms with E-state index in [2.05, 4.69) is 34.5 Å². The van der Waals surface area contributed by atoms with Gasteiger partial charge in [-0.15, -0.1) is 11.3 Å². The van der Waals surface area contributed by atoms with Crippen molar-refractivity contribution in [3.8, 4) is 5.75 Å². The number of thiophene rings is 1. The van der Waals surface area contributed by atoms with E-state index >= 15 is 0 Å². The topological polar surface area (TPSA) is 75.7 Å². The minimum atomic E-state index is -3.49. The Morgan fingerprint density at radius 1 is 1.18 bits per heavy atom. The fraction of sp³-hybridized carbons (Fsp3) is 0.450. The first-order chi connectivity index (χ1) is 13.4. The van der Waals surface area contributed by atoms with E-state index < -0.39 is 15.9 Å². The second-order valence-electron chi connectivity index (χ2n) is 6.58. The Bertz CT molecular complexity index is 818. The molecule has 2 rings (SSSR count). The first kappa shape index (κ1) is 22.4. The van der Waals surface area contributed by atoms with Gasteiger partial charge in [-0.1, -0.05) is 25.1 Å². The highest BCUT2D eigenvalue weighted by molar-refractivity contribution is 7.89. The SMILES string of the molecule is CCN(CCCOc1ccc(Cc2cccs2)cc1)CCC(=O)NS(C)(=O)=O. The van der Waals surface area contributed by atoms with E-state index in [9.17, 15) is 13.2 Å². The maximum absolute atomic E-state index is 11.6. The summed E-state index contributed by atoms with van der Waals surface area (Å²) in [6, 6.07) is 12.4. The summed E-state index contributed by atoms with van der Waals surface area (Å²) in [5.41, 5.74) is 1.26. The van der Waals surface area contributed by atoms with Crippen molar-refractivity contribution in [1.29, 1.82) is 0 Å². The fourth-order valence-electron chi connectivity index (χ4n) is 2.74. The van der Waals surface area contributed by atoms with Gasteiger partial charge in [0.1, 0.15) is 5.75 Å². The summed E-state index contributed by atoms with van der Waals surface area (Å²) >= 11 is 1.76. The lowest BCUT2D eigenvalue weighted by Crippen LogP contribution is -2.34. The summed E-state index contributed by atoms with van der Waals surface area (Å²) in [5.74, 6) is 0.380. The number of carbonyl (C=O) groups is 1. The molecular weight excluding hydrogens is 396 g/mol. The molecule has 154 valence electrons. The molecule has 0 bridgehead atoms. The van der Waals surface area contributed by atoms with Crippen molar-refractivity contribution in [2.24, 2.45) is 0 Å². The normalized spacial score (nSPS) is 11.5. The van der Waals surface area contributed by atoms with Crippen LogP contribution >= 0.6 is 11.3 Å². The van der Waals surface area contributed by atoms with Gasteiger partial charge in [-0.3, -0.25) is 9.52 Å². The molecule has 6 nitrogen and oxygen atoms in total. The van der Waals surface area contributed by atoms with Gasteiger partial charge >= 0.3 is 0 Å². The molecule has 0 aliphatic rings. The van der Waals surface area contributed by atoms with E-state index in [1.165, 1.54) is 10.4 Å². The number of ether oxygens (including phenoxy) is 1. The summed E-state index contributed by atoms with van der Waals surface area (Å²) in [6.45, 7) is 4.72. The fourth-order valence-corrected chi connectivity index (χ4v) is 4.00. The molecule has 0 saturated carbocycles. The van der Waals surface area contributed by atoms with Crippen LogP contribution in [0, 0.1) is 0 Å². The highest BCUT2D eigenvalue weighted by Crippen LogP contribution is 2.18. The Kier molecular flexibility index (Phi) is 8.95. The van der Waals surface area contributed by atoms with Crippen LogP contribution in [0.3, 0.4) is 0 Å². The zero-order valence-corrected chi connectivity index (χ0v) is 18.0. The molecule has 2 aromatic rings.